The lowest BCUT2D eigenvalue weighted by Gasteiger charge is -2.18. The molecule has 1 aliphatic rings. The number of rotatable bonds is 6. The van der Waals surface area contributed by atoms with Gasteiger partial charge in [-0.25, -0.2) is 4.98 Å². The largest absolute Gasteiger partial charge is 0.425 e. The number of carbonyl (C=O) groups is 1. The highest BCUT2D eigenvalue weighted by molar-refractivity contribution is 5.94. The SMILES string of the molecule is CCCn1c(Oc2cccc(C(C)=O)c2)nc2nc(C3CCCCC3)[nH]c2c1=O. The summed E-state index contributed by atoms with van der Waals surface area (Å²) < 4.78 is 7.48. The van der Waals surface area contributed by atoms with Crippen molar-refractivity contribution in [1.29, 1.82) is 0 Å². The van der Waals surface area contributed by atoms with Gasteiger partial charge in [0.2, 0.25) is 0 Å². The van der Waals surface area contributed by atoms with Crippen LogP contribution in [0.15, 0.2) is 29.1 Å². The van der Waals surface area contributed by atoms with E-state index < -0.39 is 0 Å². The molecule has 0 bridgehead atoms. The van der Waals surface area contributed by atoms with Gasteiger partial charge in [-0.3, -0.25) is 14.2 Å². The van der Waals surface area contributed by atoms with Crippen molar-refractivity contribution in [3.8, 4) is 11.8 Å². The van der Waals surface area contributed by atoms with E-state index >= 15 is 0 Å². The lowest BCUT2D eigenvalue weighted by molar-refractivity contribution is 0.101. The summed E-state index contributed by atoms with van der Waals surface area (Å²) in [6, 6.07) is 7.09. The molecule has 1 aromatic carbocycles. The normalized spacial score (nSPS) is 15.0. The Balaban J connectivity index is 1.76. The molecule has 7 nitrogen and oxygen atoms in total. The zero-order valence-corrected chi connectivity index (χ0v) is 16.9. The third-order valence-corrected chi connectivity index (χ3v) is 5.48. The first-order valence-corrected chi connectivity index (χ1v) is 10.4. The van der Waals surface area contributed by atoms with Crippen molar-refractivity contribution in [3.05, 3.63) is 46.0 Å². The number of nitrogens with zero attached hydrogens (tertiary/aromatic N) is 3. The van der Waals surface area contributed by atoms with Crippen LogP contribution in [0.2, 0.25) is 0 Å². The van der Waals surface area contributed by atoms with Crippen molar-refractivity contribution >= 4 is 16.9 Å². The van der Waals surface area contributed by atoms with Gasteiger partial charge in [0.25, 0.3) is 5.56 Å². The Labute approximate surface area is 169 Å². The third kappa shape index (κ3) is 3.95. The number of nitrogens with one attached hydrogen (secondary N) is 1. The Morgan fingerprint density at radius 1 is 1.24 bits per heavy atom. The minimum absolute atomic E-state index is 0.0470. The number of hydrogen-bond acceptors (Lipinski definition) is 5. The number of ether oxygens (including phenoxy) is 1. The molecule has 29 heavy (non-hydrogen) atoms. The topological polar surface area (TPSA) is 89.9 Å². The number of H-pyrrole nitrogens is 1. The van der Waals surface area contributed by atoms with Crippen LogP contribution in [0.3, 0.4) is 0 Å². The number of fused-ring (bicyclic) bond motifs is 1. The monoisotopic (exact) mass is 394 g/mol. The number of Topliss-reactive ketones (excluding diaryl/α,β-unsaturated/α-hetero) is 1. The van der Waals surface area contributed by atoms with Gasteiger partial charge in [0.1, 0.15) is 11.6 Å². The van der Waals surface area contributed by atoms with E-state index in [4.69, 9.17) is 4.74 Å². The van der Waals surface area contributed by atoms with Gasteiger partial charge in [0.05, 0.1) is 0 Å². The van der Waals surface area contributed by atoms with Crippen LogP contribution < -0.4 is 10.3 Å². The van der Waals surface area contributed by atoms with Gasteiger partial charge in [0, 0.05) is 18.0 Å². The van der Waals surface area contributed by atoms with Crippen molar-refractivity contribution in [1.82, 2.24) is 19.5 Å². The Morgan fingerprint density at radius 3 is 2.76 bits per heavy atom. The second-order valence-electron chi connectivity index (χ2n) is 7.69. The predicted molar refractivity (Wildman–Crippen MR) is 111 cm³/mol. The molecule has 2 heterocycles. The molecule has 0 radical (unpaired) electrons. The molecule has 1 fully saturated rings. The minimum atomic E-state index is -0.177. The fourth-order valence-corrected chi connectivity index (χ4v) is 3.94. The molecule has 152 valence electrons. The van der Waals surface area contributed by atoms with E-state index in [-0.39, 0.29) is 17.4 Å². The minimum Gasteiger partial charge on any atom is -0.425 e. The standard InChI is InChI=1S/C22H26N4O3/c1-3-12-26-21(28)18-20(24-19(23-18)15-8-5-4-6-9-15)25-22(26)29-17-11-7-10-16(13-17)14(2)27/h7,10-11,13,15H,3-6,8-9,12H2,1-2H3,(H,23,24). The maximum absolute atomic E-state index is 13.1. The quantitative estimate of drug-likeness (QED) is 0.619. The smallest absolute Gasteiger partial charge is 0.306 e. The van der Waals surface area contributed by atoms with Crippen LogP contribution in [-0.4, -0.2) is 25.3 Å². The molecule has 0 saturated heterocycles. The first-order valence-electron chi connectivity index (χ1n) is 10.4. The van der Waals surface area contributed by atoms with Gasteiger partial charge in [0.15, 0.2) is 16.9 Å². The third-order valence-electron chi connectivity index (χ3n) is 5.48. The Bertz CT molecular complexity index is 1090. The number of benzene rings is 1. The van der Waals surface area contributed by atoms with E-state index in [0.29, 0.717) is 34.9 Å². The number of hydrogen-bond donors (Lipinski definition) is 1. The van der Waals surface area contributed by atoms with Crippen LogP contribution in [0, 0.1) is 0 Å². The average molecular weight is 394 g/mol. The molecule has 0 atom stereocenters. The Morgan fingerprint density at radius 2 is 2.03 bits per heavy atom. The lowest BCUT2D eigenvalue weighted by atomic mass is 9.89. The van der Waals surface area contributed by atoms with Gasteiger partial charge >= 0.3 is 6.01 Å². The van der Waals surface area contributed by atoms with Crippen molar-refractivity contribution in [2.75, 3.05) is 0 Å². The van der Waals surface area contributed by atoms with E-state index in [1.165, 1.54) is 30.8 Å². The Hall–Kier alpha value is -2.96. The highest BCUT2D eigenvalue weighted by atomic mass is 16.5. The first-order chi connectivity index (χ1) is 14.1. The van der Waals surface area contributed by atoms with Gasteiger partial charge < -0.3 is 9.72 Å². The van der Waals surface area contributed by atoms with Crippen molar-refractivity contribution < 1.29 is 9.53 Å². The van der Waals surface area contributed by atoms with Crippen molar-refractivity contribution in [2.45, 2.75) is 64.8 Å². The van der Waals surface area contributed by atoms with Gasteiger partial charge in [-0.2, -0.15) is 4.98 Å². The molecule has 0 aliphatic heterocycles. The summed E-state index contributed by atoms with van der Waals surface area (Å²) in [7, 11) is 0. The molecule has 0 amide bonds. The summed E-state index contributed by atoms with van der Waals surface area (Å²) in [6.45, 7) is 3.99. The molecular weight excluding hydrogens is 368 g/mol. The zero-order chi connectivity index (χ0) is 20.4. The van der Waals surface area contributed by atoms with Gasteiger partial charge in [-0.05, 0) is 38.3 Å². The molecule has 1 N–H and O–H groups in total. The number of carbonyl (C=O) groups excluding carboxylic acids is 1. The zero-order valence-electron chi connectivity index (χ0n) is 16.9. The fraction of sp³-hybridized carbons (Fsp3) is 0.455. The first kappa shape index (κ1) is 19.4. The molecule has 4 rings (SSSR count). The Kier molecular flexibility index (Phi) is 5.47. The number of aromatic amines is 1. The maximum Gasteiger partial charge on any atom is 0.306 e. The molecule has 3 aromatic rings. The summed E-state index contributed by atoms with van der Waals surface area (Å²) in [5, 5.41) is 0. The van der Waals surface area contributed by atoms with Crippen molar-refractivity contribution in [2.24, 2.45) is 0 Å². The maximum atomic E-state index is 13.1. The molecule has 0 unspecified atom stereocenters. The van der Waals surface area contributed by atoms with Crippen LogP contribution >= 0.6 is 0 Å². The van der Waals surface area contributed by atoms with Crippen LogP contribution in [0.4, 0.5) is 0 Å². The second-order valence-corrected chi connectivity index (χ2v) is 7.69. The molecular formula is C22H26N4O3. The van der Waals surface area contributed by atoms with E-state index in [0.717, 1.165) is 25.1 Å². The summed E-state index contributed by atoms with van der Waals surface area (Å²) in [4.78, 5) is 37.2. The van der Waals surface area contributed by atoms with E-state index in [1.54, 1.807) is 24.3 Å². The number of aromatic nitrogens is 4. The van der Waals surface area contributed by atoms with Crippen LogP contribution in [0.5, 0.6) is 11.8 Å². The van der Waals surface area contributed by atoms with E-state index in [9.17, 15) is 9.59 Å². The lowest BCUT2D eigenvalue weighted by Crippen LogP contribution is -2.23. The van der Waals surface area contributed by atoms with Crippen molar-refractivity contribution in [3.63, 3.8) is 0 Å². The van der Waals surface area contributed by atoms with E-state index in [2.05, 4.69) is 15.0 Å². The molecule has 2 aromatic heterocycles. The summed E-state index contributed by atoms with van der Waals surface area (Å²) in [5.41, 5.74) is 1.20. The number of imidazole rings is 1. The van der Waals surface area contributed by atoms with Gasteiger partial charge in [-0.15, -0.1) is 0 Å². The van der Waals surface area contributed by atoms with Crippen LogP contribution in [0.1, 0.15) is 74.5 Å². The summed E-state index contributed by atoms with van der Waals surface area (Å²) in [6.07, 6.45) is 6.58. The van der Waals surface area contributed by atoms with E-state index in [1.807, 2.05) is 6.92 Å². The number of ketones is 1. The molecule has 1 saturated carbocycles. The predicted octanol–water partition coefficient (Wildman–Crippen LogP) is 4.57. The molecule has 1 aliphatic carbocycles. The fourth-order valence-electron chi connectivity index (χ4n) is 3.94. The van der Waals surface area contributed by atoms with Crippen LogP contribution in [-0.2, 0) is 6.54 Å². The van der Waals surface area contributed by atoms with Gasteiger partial charge in [-0.1, -0.05) is 38.3 Å². The highest BCUT2D eigenvalue weighted by Gasteiger charge is 2.22. The second kappa shape index (κ2) is 8.19. The summed E-state index contributed by atoms with van der Waals surface area (Å²) >= 11 is 0. The highest BCUT2D eigenvalue weighted by Crippen LogP contribution is 2.31. The molecule has 0 spiro atoms. The molecule has 7 heteroatoms. The van der Waals surface area contributed by atoms with Crippen LogP contribution in [0.25, 0.3) is 11.2 Å². The summed E-state index contributed by atoms with van der Waals surface area (Å²) in [5.74, 6) is 1.63. The average Bonchev–Trinajstić information content (AvgIpc) is 3.16.